The number of amides is 3. The maximum Gasteiger partial charge on any atom is 0.320 e. The second-order valence-corrected chi connectivity index (χ2v) is 13.4. The van der Waals surface area contributed by atoms with E-state index in [1.54, 1.807) is 24.3 Å². The van der Waals surface area contributed by atoms with Crippen LogP contribution in [0.3, 0.4) is 0 Å². The average molecular weight is 540 g/mol. The lowest BCUT2D eigenvalue weighted by atomic mass is 9.51. The molecule has 38 heavy (non-hydrogen) atoms. The third kappa shape index (κ3) is 4.98. The summed E-state index contributed by atoms with van der Waals surface area (Å²) in [6, 6.07) is 5.66. The SMILES string of the molecule is NC(=O)N(c1cccc(Cl)c1)C1CCCC(C2CCCCC2)N(CC(=O)C2C3CC4CC(C3)CC2C4)C1=O. The van der Waals surface area contributed by atoms with Crippen LogP contribution in [0.15, 0.2) is 24.3 Å². The first-order valence-corrected chi connectivity index (χ1v) is 15.4. The second kappa shape index (κ2) is 10.8. The Hall–Kier alpha value is -2.08. The number of ketones is 1. The number of carbonyl (C=O) groups is 3. The molecule has 5 aliphatic carbocycles. The number of anilines is 1. The van der Waals surface area contributed by atoms with Gasteiger partial charge in [-0.15, -0.1) is 0 Å². The predicted molar refractivity (Wildman–Crippen MR) is 149 cm³/mol. The molecule has 2 unspecified atom stereocenters. The number of primary amides is 1. The molecule has 1 aromatic carbocycles. The molecule has 6 aliphatic rings. The van der Waals surface area contributed by atoms with Gasteiger partial charge in [-0.05, 0) is 112 Å². The highest BCUT2D eigenvalue weighted by Gasteiger charge is 2.51. The molecule has 5 saturated carbocycles. The highest BCUT2D eigenvalue weighted by molar-refractivity contribution is 6.31. The number of urea groups is 1. The molecule has 0 aromatic heterocycles. The zero-order valence-corrected chi connectivity index (χ0v) is 23.2. The van der Waals surface area contributed by atoms with Gasteiger partial charge in [-0.1, -0.05) is 36.9 Å². The molecule has 1 aliphatic heterocycles. The summed E-state index contributed by atoms with van der Waals surface area (Å²) in [5.41, 5.74) is 6.42. The fraction of sp³-hybridized carbons (Fsp3) is 0.710. The Morgan fingerprint density at radius 3 is 2.21 bits per heavy atom. The Balaban J connectivity index is 1.29. The summed E-state index contributed by atoms with van der Waals surface area (Å²) in [4.78, 5) is 44.6. The number of benzene rings is 1. The van der Waals surface area contributed by atoms with Crippen molar-refractivity contribution in [3.05, 3.63) is 29.3 Å². The number of rotatable bonds is 6. The van der Waals surface area contributed by atoms with E-state index in [1.165, 1.54) is 56.3 Å². The van der Waals surface area contributed by atoms with Gasteiger partial charge in [0.05, 0.1) is 6.54 Å². The van der Waals surface area contributed by atoms with Gasteiger partial charge < -0.3 is 10.6 Å². The summed E-state index contributed by atoms with van der Waals surface area (Å²) < 4.78 is 0. The molecule has 1 saturated heterocycles. The van der Waals surface area contributed by atoms with Crippen molar-refractivity contribution >= 4 is 35.0 Å². The van der Waals surface area contributed by atoms with Gasteiger partial charge in [0, 0.05) is 22.7 Å². The summed E-state index contributed by atoms with van der Waals surface area (Å²) in [7, 11) is 0. The molecule has 3 amide bonds. The van der Waals surface area contributed by atoms with Gasteiger partial charge in [0.25, 0.3) is 0 Å². The molecule has 6 fully saturated rings. The fourth-order valence-electron chi connectivity index (χ4n) is 9.41. The predicted octanol–water partition coefficient (Wildman–Crippen LogP) is 6.20. The van der Waals surface area contributed by atoms with Crippen molar-refractivity contribution in [1.82, 2.24) is 4.90 Å². The summed E-state index contributed by atoms with van der Waals surface area (Å²) >= 11 is 6.25. The Morgan fingerprint density at radius 1 is 0.895 bits per heavy atom. The normalized spacial score (nSPS) is 35.2. The standard InChI is InChI=1S/C31H42ClN3O3/c32-24-8-4-9-25(17-24)35(31(33)38)27-11-5-10-26(21-6-2-1-3-7-21)34(30(27)37)18-28(36)29-22-13-19-12-20(15-22)16-23(29)14-19/h4,8-9,17,19-23,26-27,29H,1-3,5-7,10-16,18H2,(H2,33,38). The molecule has 7 rings (SSSR count). The maximum absolute atomic E-state index is 14.4. The molecule has 0 spiro atoms. The van der Waals surface area contributed by atoms with Gasteiger partial charge in [0.15, 0.2) is 5.78 Å². The third-order valence-corrected chi connectivity index (χ3v) is 10.9. The van der Waals surface area contributed by atoms with Crippen molar-refractivity contribution in [2.45, 2.75) is 95.6 Å². The highest BCUT2D eigenvalue weighted by Crippen LogP contribution is 2.56. The monoisotopic (exact) mass is 539 g/mol. The van der Waals surface area contributed by atoms with Crippen LogP contribution in [0.1, 0.15) is 83.5 Å². The molecule has 0 radical (unpaired) electrons. The fourth-order valence-corrected chi connectivity index (χ4v) is 9.59. The summed E-state index contributed by atoms with van der Waals surface area (Å²) in [6.45, 7) is 0.186. The van der Waals surface area contributed by atoms with Crippen LogP contribution in [-0.2, 0) is 9.59 Å². The largest absolute Gasteiger partial charge is 0.351 e. The lowest BCUT2D eigenvalue weighted by molar-refractivity contribution is -0.146. The number of nitrogens with zero attached hydrogens (tertiary/aromatic N) is 2. The van der Waals surface area contributed by atoms with Gasteiger partial charge in [-0.3, -0.25) is 14.5 Å². The lowest BCUT2D eigenvalue weighted by Gasteiger charge is -2.54. The number of hydrogen-bond acceptors (Lipinski definition) is 3. The second-order valence-electron chi connectivity index (χ2n) is 13.0. The molecule has 7 heteroatoms. The number of halogens is 1. The van der Waals surface area contributed by atoms with Crippen LogP contribution in [-0.4, -0.2) is 41.2 Å². The van der Waals surface area contributed by atoms with E-state index in [-0.39, 0.29) is 30.2 Å². The van der Waals surface area contributed by atoms with Crippen molar-refractivity contribution < 1.29 is 14.4 Å². The van der Waals surface area contributed by atoms with E-state index in [2.05, 4.69) is 0 Å². The van der Waals surface area contributed by atoms with Gasteiger partial charge in [-0.25, -0.2) is 4.79 Å². The van der Waals surface area contributed by atoms with Crippen molar-refractivity contribution in [3.63, 3.8) is 0 Å². The van der Waals surface area contributed by atoms with Crippen LogP contribution in [0.5, 0.6) is 0 Å². The molecular weight excluding hydrogens is 498 g/mol. The van der Waals surface area contributed by atoms with Crippen molar-refractivity contribution in [2.24, 2.45) is 41.2 Å². The Morgan fingerprint density at radius 2 is 1.58 bits per heavy atom. The van der Waals surface area contributed by atoms with Crippen LogP contribution in [0.2, 0.25) is 5.02 Å². The molecule has 4 bridgehead atoms. The molecular formula is C31H42ClN3O3. The molecule has 1 heterocycles. The van der Waals surface area contributed by atoms with Crippen LogP contribution < -0.4 is 10.6 Å². The molecule has 206 valence electrons. The maximum atomic E-state index is 14.4. The van der Waals surface area contributed by atoms with Crippen LogP contribution in [0.4, 0.5) is 10.5 Å². The summed E-state index contributed by atoms with van der Waals surface area (Å²) in [5, 5.41) is 0.490. The van der Waals surface area contributed by atoms with Crippen molar-refractivity contribution in [2.75, 3.05) is 11.4 Å². The van der Waals surface area contributed by atoms with E-state index in [4.69, 9.17) is 17.3 Å². The van der Waals surface area contributed by atoms with Gasteiger partial charge >= 0.3 is 6.03 Å². The van der Waals surface area contributed by atoms with E-state index < -0.39 is 12.1 Å². The van der Waals surface area contributed by atoms with E-state index in [0.717, 1.165) is 37.5 Å². The zero-order chi connectivity index (χ0) is 26.4. The molecule has 2 N–H and O–H groups in total. The minimum Gasteiger partial charge on any atom is -0.351 e. The first kappa shape index (κ1) is 26.2. The molecule has 2 atom stereocenters. The van der Waals surface area contributed by atoms with Gasteiger partial charge in [0.1, 0.15) is 6.04 Å². The topological polar surface area (TPSA) is 83.7 Å². The van der Waals surface area contributed by atoms with E-state index >= 15 is 0 Å². The Bertz CT molecular complexity index is 1040. The summed E-state index contributed by atoms with van der Waals surface area (Å²) in [6.07, 6.45) is 14.2. The minimum atomic E-state index is -0.717. The Kier molecular flexibility index (Phi) is 7.45. The third-order valence-electron chi connectivity index (χ3n) is 10.7. The smallest absolute Gasteiger partial charge is 0.320 e. The Labute approximate surface area is 231 Å². The van der Waals surface area contributed by atoms with E-state index in [9.17, 15) is 14.4 Å². The first-order valence-electron chi connectivity index (χ1n) is 15.1. The van der Waals surface area contributed by atoms with Crippen LogP contribution in [0, 0.1) is 35.5 Å². The van der Waals surface area contributed by atoms with E-state index in [0.29, 0.717) is 34.9 Å². The van der Waals surface area contributed by atoms with Gasteiger partial charge in [-0.2, -0.15) is 0 Å². The first-order chi connectivity index (χ1) is 18.4. The van der Waals surface area contributed by atoms with Crippen LogP contribution in [0.25, 0.3) is 0 Å². The zero-order valence-electron chi connectivity index (χ0n) is 22.4. The number of likely N-dealkylation sites (tertiary alicyclic amines) is 1. The van der Waals surface area contributed by atoms with Crippen molar-refractivity contribution in [1.29, 1.82) is 0 Å². The number of hydrogen-bond donors (Lipinski definition) is 1. The highest BCUT2D eigenvalue weighted by atomic mass is 35.5. The number of Topliss-reactive ketones (excluding diaryl/α,β-unsaturated/α-hetero) is 1. The van der Waals surface area contributed by atoms with E-state index in [1.807, 2.05) is 4.90 Å². The lowest BCUT2D eigenvalue weighted by Crippen LogP contribution is -2.57. The van der Waals surface area contributed by atoms with Crippen molar-refractivity contribution in [3.8, 4) is 0 Å². The average Bonchev–Trinajstić information content (AvgIpc) is 3.03. The number of nitrogens with two attached hydrogens (primary N) is 1. The minimum absolute atomic E-state index is 0.0580. The van der Waals surface area contributed by atoms with Crippen LogP contribution >= 0.6 is 11.6 Å². The van der Waals surface area contributed by atoms with Gasteiger partial charge in [0.2, 0.25) is 5.91 Å². The quantitative estimate of drug-likeness (QED) is 0.467. The summed E-state index contributed by atoms with van der Waals surface area (Å²) in [5.74, 6) is 3.29. The number of carbonyl (C=O) groups excluding carboxylic acids is 3. The molecule has 1 aromatic rings. The molecule has 6 nitrogen and oxygen atoms in total.